The van der Waals surface area contributed by atoms with E-state index in [1.807, 2.05) is 0 Å². The lowest BCUT2D eigenvalue weighted by atomic mass is 10.1. The molecular formula is C8H16ClN3O2. The Bertz CT molecular complexity index is 223. The zero-order valence-corrected chi connectivity index (χ0v) is 8.97. The summed E-state index contributed by atoms with van der Waals surface area (Å²) in [6, 6.07) is 0. The zero-order chi connectivity index (χ0) is 9.84. The quantitative estimate of drug-likeness (QED) is 0.512. The first-order valence-electron chi connectivity index (χ1n) is 4.25. The van der Waals surface area contributed by atoms with Crippen molar-refractivity contribution < 1.29 is 9.53 Å². The maximum absolute atomic E-state index is 11.3. The standard InChI is InChI=1S/C8H15N3O2.ClH/c1-13-3-2-11-5-6(8(9)10)4-7(11)12;/h6H,2-5H2,1H3,(H3,9,10);1H. The van der Waals surface area contributed by atoms with Crippen molar-refractivity contribution in [3.8, 4) is 0 Å². The van der Waals surface area contributed by atoms with Gasteiger partial charge >= 0.3 is 0 Å². The summed E-state index contributed by atoms with van der Waals surface area (Å²) in [6.45, 7) is 1.70. The number of nitrogens with two attached hydrogens (primary N) is 1. The molecule has 1 atom stereocenters. The zero-order valence-electron chi connectivity index (χ0n) is 8.16. The van der Waals surface area contributed by atoms with Crippen LogP contribution in [-0.2, 0) is 9.53 Å². The number of amides is 1. The molecule has 1 amide bonds. The van der Waals surface area contributed by atoms with Gasteiger partial charge in [0, 0.05) is 32.5 Å². The molecule has 0 aromatic carbocycles. The molecule has 0 aromatic rings. The maximum atomic E-state index is 11.3. The monoisotopic (exact) mass is 221 g/mol. The number of halogens is 1. The van der Waals surface area contributed by atoms with E-state index in [2.05, 4.69) is 0 Å². The lowest BCUT2D eigenvalue weighted by Crippen LogP contribution is -2.30. The summed E-state index contributed by atoms with van der Waals surface area (Å²) in [5.74, 6) is 0.0786. The highest BCUT2D eigenvalue weighted by Crippen LogP contribution is 2.16. The van der Waals surface area contributed by atoms with Crippen molar-refractivity contribution in [3.05, 3.63) is 0 Å². The second kappa shape index (κ2) is 5.82. The van der Waals surface area contributed by atoms with Crippen molar-refractivity contribution in [1.82, 2.24) is 4.90 Å². The van der Waals surface area contributed by atoms with Gasteiger partial charge in [0.2, 0.25) is 5.91 Å². The Morgan fingerprint density at radius 1 is 1.79 bits per heavy atom. The summed E-state index contributed by atoms with van der Waals surface area (Å²) in [5.41, 5.74) is 5.32. The summed E-state index contributed by atoms with van der Waals surface area (Å²) in [4.78, 5) is 13.0. The number of rotatable bonds is 4. The number of ether oxygens (including phenoxy) is 1. The maximum Gasteiger partial charge on any atom is 0.223 e. The third-order valence-corrected chi connectivity index (χ3v) is 2.22. The predicted octanol–water partition coefficient (Wildman–Crippen LogP) is -0.161. The highest BCUT2D eigenvalue weighted by Gasteiger charge is 2.30. The van der Waals surface area contributed by atoms with E-state index in [0.717, 1.165) is 0 Å². The van der Waals surface area contributed by atoms with Gasteiger partial charge in [-0.1, -0.05) is 0 Å². The number of carbonyl (C=O) groups excluding carboxylic acids is 1. The van der Waals surface area contributed by atoms with Crippen molar-refractivity contribution in [1.29, 1.82) is 5.41 Å². The van der Waals surface area contributed by atoms with Gasteiger partial charge in [-0.05, 0) is 0 Å². The van der Waals surface area contributed by atoms with Crippen LogP contribution in [0, 0.1) is 11.3 Å². The normalized spacial score (nSPS) is 20.8. The van der Waals surface area contributed by atoms with E-state index in [1.54, 1.807) is 12.0 Å². The van der Waals surface area contributed by atoms with Crippen molar-refractivity contribution in [2.24, 2.45) is 11.7 Å². The second-order valence-corrected chi connectivity index (χ2v) is 3.19. The molecular weight excluding hydrogens is 206 g/mol. The molecule has 0 aromatic heterocycles. The summed E-state index contributed by atoms with van der Waals surface area (Å²) in [5, 5.41) is 7.22. The number of nitrogens with one attached hydrogen (secondary N) is 1. The van der Waals surface area contributed by atoms with Gasteiger partial charge in [0.15, 0.2) is 0 Å². The van der Waals surface area contributed by atoms with Crippen molar-refractivity contribution in [2.75, 3.05) is 26.8 Å². The Hall–Kier alpha value is -0.810. The number of methoxy groups -OCH3 is 1. The van der Waals surface area contributed by atoms with Crippen LogP contribution in [0.4, 0.5) is 0 Å². The highest BCUT2D eigenvalue weighted by atomic mass is 35.5. The van der Waals surface area contributed by atoms with Crippen LogP contribution in [0.15, 0.2) is 0 Å². The van der Waals surface area contributed by atoms with Crippen LogP contribution in [0.3, 0.4) is 0 Å². The van der Waals surface area contributed by atoms with Gasteiger partial charge in [-0.2, -0.15) is 0 Å². The Morgan fingerprint density at radius 2 is 2.43 bits per heavy atom. The molecule has 14 heavy (non-hydrogen) atoms. The van der Waals surface area contributed by atoms with Crippen LogP contribution in [-0.4, -0.2) is 43.4 Å². The van der Waals surface area contributed by atoms with E-state index in [4.69, 9.17) is 15.9 Å². The van der Waals surface area contributed by atoms with Crippen LogP contribution < -0.4 is 5.73 Å². The number of hydrogen-bond donors (Lipinski definition) is 2. The van der Waals surface area contributed by atoms with Crippen molar-refractivity contribution in [2.45, 2.75) is 6.42 Å². The molecule has 1 fully saturated rings. The molecule has 0 spiro atoms. The minimum atomic E-state index is -0.0932. The molecule has 3 N–H and O–H groups in total. The van der Waals surface area contributed by atoms with Crippen LogP contribution in [0.2, 0.25) is 0 Å². The smallest absolute Gasteiger partial charge is 0.223 e. The van der Waals surface area contributed by atoms with Gasteiger partial charge in [-0.3, -0.25) is 10.2 Å². The van der Waals surface area contributed by atoms with Gasteiger partial charge in [0.25, 0.3) is 0 Å². The lowest BCUT2D eigenvalue weighted by molar-refractivity contribution is -0.128. The molecule has 0 radical (unpaired) electrons. The molecule has 1 saturated heterocycles. The van der Waals surface area contributed by atoms with Crippen LogP contribution in [0.5, 0.6) is 0 Å². The summed E-state index contributed by atoms with van der Waals surface area (Å²) in [6.07, 6.45) is 0.374. The molecule has 0 aliphatic carbocycles. The summed E-state index contributed by atoms with van der Waals surface area (Å²) in [7, 11) is 1.60. The van der Waals surface area contributed by atoms with Crippen LogP contribution in [0.1, 0.15) is 6.42 Å². The Morgan fingerprint density at radius 3 is 2.86 bits per heavy atom. The number of carbonyl (C=O) groups is 1. The van der Waals surface area contributed by atoms with E-state index < -0.39 is 0 Å². The topological polar surface area (TPSA) is 79.4 Å². The minimum Gasteiger partial charge on any atom is -0.387 e. The molecule has 1 rings (SSSR count). The average Bonchev–Trinajstić information content (AvgIpc) is 2.44. The van der Waals surface area contributed by atoms with Gasteiger partial charge < -0.3 is 15.4 Å². The average molecular weight is 222 g/mol. The number of nitrogens with zero attached hydrogens (tertiary/aromatic N) is 1. The van der Waals surface area contributed by atoms with E-state index in [-0.39, 0.29) is 30.1 Å². The number of hydrogen-bond acceptors (Lipinski definition) is 3. The first kappa shape index (κ1) is 13.2. The van der Waals surface area contributed by atoms with Gasteiger partial charge in [0.1, 0.15) is 0 Å². The van der Waals surface area contributed by atoms with E-state index in [0.29, 0.717) is 26.1 Å². The van der Waals surface area contributed by atoms with Gasteiger partial charge in [-0.15, -0.1) is 12.4 Å². The third-order valence-electron chi connectivity index (χ3n) is 2.22. The largest absolute Gasteiger partial charge is 0.387 e. The number of amidine groups is 1. The first-order valence-corrected chi connectivity index (χ1v) is 4.25. The van der Waals surface area contributed by atoms with E-state index in [9.17, 15) is 4.79 Å². The van der Waals surface area contributed by atoms with Crippen LogP contribution in [0.25, 0.3) is 0 Å². The van der Waals surface area contributed by atoms with Gasteiger partial charge in [-0.25, -0.2) is 0 Å². The van der Waals surface area contributed by atoms with E-state index >= 15 is 0 Å². The Kier molecular flexibility index (Phi) is 5.49. The second-order valence-electron chi connectivity index (χ2n) is 3.19. The Labute approximate surface area is 89.5 Å². The molecule has 1 heterocycles. The van der Waals surface area contributed by atoms with E-state index in [1.165, 1.54) is 0 Å². The fraction of sp³-hybridized carbons (Fsp3) is 0.750. The highest BCUT2D eigenvalue weighted by molar-refractivity contribution is 5.89. The fourth-order valence-electron chi connectivity index (χ4n) is 1.40. The van der Waals surface area contributed by atoms with Crippen molar-refractivity contribution >= 4 is 24.1 Å². The minimum absolute atomic E-state index is 0. The van der Waals surface area contributed by atoms with Crippen molar-refractivity contribution in [3.63, 3.8) is 0 Å². The molecule has 1 aliphatic rings. The lowest BCUT2D eigenvalue weighted by Gasteiger charge is -2.15. The predicted molar refractivity (Wildman–Crippen MR) is 55.7 cm³/mol. The molecule has 82 valence electrons. The molecule has 1 aliphatic heterocycles. The molecule has 0 bridgehead atoms. The Balaban J connectivity index is 0.00000169. The third kappa shape index (κ3) is 3.16. The SMILES string of the molecule is COCCN1CC(C(=N)N)CC1=O.Cl. The summed E-state index contributed by atoms with van der Waals surface area (Å²) < 4.78 is 4.87. The summed E-state index contributed by atoms with van der Waals surface area (Å²) >= 11 is 0. The fourth-order valence-corrected chi connectivity index (χ4v) is 1.40. The molecule has 5 nitrogen and oxygen atoms in total. The molecule has 1 unspecified atom stereocenters. The molecule has 6 heteroatoms. The molecule has 0 saturated carbocycles. The number of likely N-dealkylation sites (tertiary alicyclic amines) is 1. The van der Waals surface area contributed by atoms with Gasteiger partial charge in [0.05, 0.1) is 12.4 Å². The van der Waals surface area contributed by atoms with Crippen LogP contribution >= 0.6 is 12.4 Å². The first-order chi connectivity index (χ1) is 6.15.